The third-order valence-electron chi connectivity index (χ3n) is 3.87. The van der Waals surface area contributed by atoms with Crippen LogP contribution in [-0.2, 0) is 24.2 Å². The highest BCUT2D eigenvalue weighted by atomic mass is 79.9. The zero-order valence-electron chi connectivity index (χ0n) is 15.3. The Balaban J connectivity index is 2.46. The van der Waals surface area contributed by atoms with E-state index < -0.39 is 53.0 Å². The molecule has 31 heavy (non-hydrogen) atoms. The number of hydrogen-bond acceptors (Lipinski definition) is 5. The van der Waals surface area contributed by atoms with Gasteiger partial charge in [0.1, 0.15) is 0 Å². The first-order valence-corrected chi connectivity index (χ1v) is 10.5. The molecule has 1 aromatic rings. The molecule has 2 atom stereocenters. The van der Waals surface area contributed by atoms with Gasteiger partial charge in [-0.05, 0) is 24.6 Å². The molecule has 0 aromatic heterocycles. The van der Waals surface area contributed by atoms with E-state index in [9.17, 15) is 43.5 Å². The fourth-order valence-electron chi connectivity index (χ4n) is 2.44. The third-order valence-corrected chi connectivity index (χ3v) is 6.24. The average molecular weight is 552 g/mol. The SMILES string of the molecule is CCO[C@H]1CN(S(=O)(=O)C(F)(F)C(F)(F)OC(F)(F)C(F)F)[C@@H](c2ccc(Br)cc2)O1. The Hall–Kier alpha value is -1.07. The number of nitrogens with zero attached hydrogens (tertiary/aromatic N) is 1. The van der Waals surface area contributed by atoms with Gasteiger partial charge in [-0.25, -0.2) is 21.9 Å². The maximum atomic E-state index is 14.3. The van der Waals surface area contributed by atoms with Crippen LogP contribution in [0.1, 0.15) is 18.7 Å². The largest absolute Gasteiger partial charge is 0.449 e. The van der Waals surface area contributed by atoms with Crippen molar-refractivity contribution in [1.82, 2.24) is 4.31 Å². The second kappa shape index (κ2) is 9.05. The molecule has 2 rings (SSSR count). The summed E-state index contributed by atoms with van der Waals surface area (Å²) in [5.74, 6) is 0. The van der Waals surface area contributed by atoms with Gasteiger partial charge in [0.25, 0.3) is 10.0 Å². The van der Waals surface area contributed by atoms with Gasteiger partial charge in [-0.15, -0.1) is 0 Å². The monoisotopic (exact) mass is 551 g/mol. The fraction of sp³-hybridized carbons (Fsp3) is 0.600. The lowest BCUT2D eigenvalue weighted by Crippen LogP contribution is -2.57. The number of sulfonamides is 1. The van der Waals surface area contributed by atoms with Gasteiger partial charge in [0.15, 0.2) is 12.5 Å². The molecule has 0 radical (unpaired) electrons. The van der Waals surface area contributed by atoms with E-state index in [0.717, 1.165) is 0 Å². The summed E-state index contributed by atoms with van der Waals surface area (Å²) in [4.78, 5) is 0. The minimum Gasteiger partial charge on any atom is -0.351 e. The van der Waals surface area contributed by atoms with Crippen LogP contribution in [0, 0.1) is 0 Å². The quantitative estimate of drug-likeness (QED) is 0.422. The summed E-state index contributed by atoms with van der Waals surface area (Å²) in [5.41, 5.74) is -0.0908. The van der Waals surface area contributed by atoms with E-state index in [1.165, 1.54) is 31.2 Å². The van der Waals surface area contributed by atoms with Gasteiger partial charge in [-0.3, -0.25) is 0 Å². The normalized spacial score (nSPS) is 21.8. The summed E-state index contributed by atoms with van der Waals surface area (Å²) in [6.45, 7) is 0.341. The molecule has 0 aliphatic carbocycles. The molecule has 0 bridgehead atoms. The van der Waals surface area contributed by atoms with Crippen molar-refractivity contribution in [3.05, 3.63) is 34.3 Å². The summed E-state index contributed by atoms with van der Waals surface area (Å²) in [6, 6.07) is 5.14. The molecule has 0 unspecified atom stereocenters. The first-order chi connectivity index (χ1) is 14.1. The summed E-state index contributed by atoms with van der Waals surface area (Å²) in [6.07, 6.45) is -20.9. The molecule has 1 aliphatic heterocycles. The van der Waals surface area contributed by atoms with Gasteiger partial charge in [-0.1, -0.05) is 28.1 Å². The lowest BCUT2D eigenvalue weighted by Gasteiger charge is -2.32. The van der Waals surface area contributed by atoms with Crippen molar-refractivity contribution in [1.29, 1.82) is 0 Å². The van der Waals surface area contributed by atoms with E-state index >= 15 is 0 Å². The van der Waals surface area contributed by atoms with Crippen LogP contribution < -0.4 is 0 Å². The van der Waals surface area contributed by atoms with Gasteiger partial charge in [0, 0.05) is 11.1 Å². The Morgan fingerprint density at radius 2 is 1.71 bits per heavy atom. The molecule has 178 valence electrons. The minimum atomic E-state index is -6.53. The van der Waals surface area contributed by atoms with Crippen LogP contribution in [0.25, 0.3) is 0 Å². The second-order valence-electron chi connectivity index (χ2n) is 6.00. The van der Waals surface area contributed by atoms with Crippen LogP contribution in [-0.4, -0.2) is 56.1 Å². The smallest absolute Gasteiger partial charge is 0.351 e. The van der Waals surface area contributed by atoms with Crippen LogP contribution in [0.2, 0.25) is 0 Å². The molecule has 0 saturated carbocycles. The van der Waals surface area contributed by atoms with Gasteiger partial charge in [0.05, 0.1) is 6.54 Å². The minimum absolute atomic E-state index is 0.0815. The lowest BCUT2D eigenvalue weighted by molar-refractivity contribution is -0.435. The van der Waals surface area contributed by atoms with Gasteiger partial charge < -0.3 is 9.47 Å². The molecule has 1 saturated heterocycles. The third kappa shape index (κ3) is 5.13. The van der Waals surface area contributed by atoms with Crippen molar-refractivity contribution in [3.63, 3.8) is 0 Å². The van der Waals surface area contributed by atoms with Crippen molar-refractivity contribution < 1.29 is 57.8 Å². The van der Waals surface area contributed by atoms with E-state index in [2.05, 4.69) is 20.7 Å². The maximum Gasteiger partial charge on any atom is 0.449 e. The van der Waals surface area contributed by atoms with Crippen molar-refractivity contribution in [3.8, 4) is 0 Å². The fourth-order valence-corrected chi connectivity index (χ4v) is 4.09. The molecule has 0 amide bonds. The van der Waals surface area contributed by atoms with Crippen molar-refractivity contribution >= 4 is 26.0 Å². The van der Waals surface area contributed by atoms with Crippen LogP contribution in [0.15, 0.2) is 28.7 Å². The Morgan fingerprint density at radius 3 is 2.19 bits per heavy atom. The molecule has 1 heterocycles. The van der Waals surface area contributed by atoms with E-state index in [-0.39, 0.29) is 16.5 Å². The average Bonchev–Trinajstić information content (AvgIpc) is 3.06. The molecule has 1 fully saturated rings. The summed E-state index contributed by atoms with van der Waals surface area (Å²) < 4.78 is 144. The van der Waals surface area contributed by atoms with Crippen molar-refractivity contribution in [2.24, 2.45) is 0 Å². The number of hydrogen-bond donors (Lipinski definition) is 0. The van der Waals surface area contributed by atoms with E-state index in [4.69, 9.17) is 9.47 Å². The van der Waals surface area contributed by atoms with Crippen molar-refractivity contribution in [2.75, 3.05) is 13.2 Å². The summed E-state index contributed by atoms with van der Waals surface area (Å²) >= 11 is 3.08. The molecule has 6 nitrogen and oxygen atoms in total. The topological polar surface area (TPSA) is 65.1 Å². The van der Waals surface area contributed by atoms with E-state index in [1.54, 1.807) is 0 Å². The molecule has 1 aromatic carbocycles. The highest BCUT2D eigenvalue weighted by Gasteiger charge is 2.73. The Labute approximate surface area is 179 Å². The maximum absolute atomic E-state index is 14.3. The standard InChI is InChI=1S/C15H14BrF8NO5S/c1-2-28-10-7-25(11(29-10)8-3-5-9(16)6-4-8)31(26,27)15(23,24)14(21,22)30-13(19,20)12(17)18/h3-6,10-12H,2,7H2,1H3/t10-,11-/m1/s1. The van der Waals surface area contributed by atoms with Crippen molar-refractivity contribution in [2.45, 2.75) is 43.3 Å². The highest BCUT2D eigenvalue weighted by molar-refractivity contribution is 9.10. The number of ether oxygens (including phenoxy) is 3. The van der Waals surface area contributed by atoms with Crippen LogP contribution in [0.5, 0.6) is 0 Å². The van der Waals surface area contributed by atoms with Crippen LogP contribution >= 0.6 is 15.9 Å². The Bertz CT molecular complexity index is 871. The van der Waals surface area contributed by atoms with Crippen LogP contribution in [0.3, 0.4) is 0 Å². The molecule has 16 heteroatoms. The molecule has 1 aliphatic rings. The Kier molecular flexibility index (Phi) is 7.65. The predicted molar refractivity (Wildman–Crippen MR) is 90.9 cm³/mol. The van der Waals surface area contributed by atoms with E-state index in [1.807, 2.05) is 0 Å². The first kappa shape index (κ1) is 26.2. The number of benzene rings is 1. The molecular weight excluding hydrogens is 538 g/mol. The van der Waals surface area contributed by atoms with Gasteiger partial charge in [0.2, 0.25) is 0 Å². The van der Waals surface area contributed by atoms with Gasteiger partial charge in [-0.2, -0.15) is 30.6 Å². The van der Waals surface area contributed by atoms with Crippen LogP contribution in [0.4, 0.5) is 35.1 Å². The second-order valence-corrected chi connectivity index (χ2v) is 8.85. The zero-order valence-corrected chi connectivity index (χ0v) is 17.7. The summed E-state index contributed by atoms with van der Waals surface area (Å²) in [7, 11) is -6.52. The Morgan fingerprint density at radius 1 is 1.16 bits per heavy atom. The lowest BCUT2D eigenvalue weighted by atomic mass is 10.2. The summed E-state index contributed by atoms with van der Waals surface area (Å²) in [5, 5.41) is -6.38. The molecule has 0 spiro atoms. The highest BCUT2D eigenvalue weighted by Crippen LogP contribution is 2.48. The number of rotatable bonds is 9. The molecular formula is C15H14BrF8NO5S. The first-order valence-electron chi connectivity index (χ1n) is 8.22. The number of alkyl halides is 8. The zero-order chi connectivity index (χ0) is 23.8. The van der Waals surface area contributed by atoms with Gasteiger partial charge >= 0.3 is 23.9 Å². The molecule has 0 N–H and O–H groups in total. The van der Waals surface area contributed by atoms with E-state index in [0.29, 0.717) is 4.47 Å². The predicted octanol–water partition coefficient (Wildman–Crippen LogP) is 4.53. The number of halogens is 9.